The number of likely N-dealkylation sites (tertiary alicyclic amines) is 1. The molecule has 16 nitrogen and oxygen atoms in total. The Labute approximate surface area is 377 Å². The molecule has 0 radical (unpaired) electrons. The lowest BCUT2D eigenvalue weighted by molar-refractivity contribution is -0.145. The molecule has 0 bridgehead atoms. The lowest BCUT2D eigenvalue weighted by atomic mass is 9.83. The molecule has 2 aromatic rings. The van der Waals surface area contributed by atoms with Crippen molar-refractivity contribution in [3.8, 4) is 0 Å². The Morgan fingerprint density at radius 2 is 1.44 bits per heavy atom. The van der Waals surface area contributed by atoms with Gasteiger partial charge < -0.3 is 36.4 Å². The second-order valence-electron chi connectivity index (χ2n) is 19.4. The van der Waals surface area contributed by atoms with Gasteiger partial charge >= 0.3 is 6.03 Å². The molecule has 1 unspecified atom stereocenters. The highest BCUT2D eigenvalue weighted by atomic mass is 32.2. The van der Waals surface area contributed by atoms with Gasteiger partial charge in [-0.1, -0.05) is 115 Å². The number of ketones is 1. The zero-order chi connectivity index (χ0) is 47.0. The fourth-order valence-corrected chi connectivity index (χ4v) is 10.7. The van der Waals surface area contributed by atoms with Gasteiger partial charge in [-0.3, -0.25) is 28.8 Å². The fraction of sp³-hybridized carbons (Fsp3) is 0.596. The number of carbonyl (C=O) groups excluding carboxylic acids is 7. The zero-order valence-electron chi connectivity index (χ0n) is 38.3. The second-order valence-corrected chi connectivity index (χ2v) is 21.4. The Morgan fingerprint density at radius 3 is 2.00 bits per heavy atom. The molecule has 64 heavy (non-hydrogen) atoms. The SMILES string of the molecule is CC(C)[C@H]1CCN(C(=O)[C@@H](NC(=O)NC2(CS(=O)(=O)c3ccccc3)CCCCC2)C(C)(C)C)[C@@H]1C(=O)NC(CC1CC1)C(=O)C(=O)NCC(=O)N[C@H](C(=O)N(C)C)c1ccccc1. The van der Waals surface area contributed by atoms with Gasteiger partial charge in [0.1, 0.15) is 18.1 Å². The number of nitrogens with one attached hydrogen (secondary N) is 5. The number of hydrogen-bond donors (Lipinski definition) is 5. The zero-order valence-corrected chi connectivity index (χ0v) is 39.1. The smallest absolute Gasteiger partial charge is 0.315 e. The summed E-state index contributed by atoms with van der Waals surface area (Å²) in [6.45, 7) is 8.87. The van der Waals surface area contributed by atoms with Crippen molar-refractivity contribution in [2.45, 2.75) is 127 Å². The minimum Gasteiger partial charge on any atom is -0.347 e. The quantitative estimate of drug-likeness (QED) is 0.138. The van der Waals surface area contributed by atoms with Crippen molar-refractivity contribution in [3.63, 3.8) is 0 Å². The first-order valence-corrected chi connectivity index (χ1v) is 24.1. The van der Waals surface area contributed by atoms with Crippen LogP contribution in [0.5, 0.6) is 0 Å². The van der Waals surface area contributed by atoms with Crippen LogP contribution in [0.15, 0.2) is 65.6 Å². The third-order valence-electron chi connectivity index (χ3n) is 12.7. The number of benzene rings is 2. The summed E-state index contributed by atoms with van der Waals surface area (Å²) >= 11 is 0. The normalized spacial score (nSPS) is 20.0. The molecule has 3 aliphatic rings. The van der Waals surface area contributed by atoms with E-state index in [0.717, 1.165) is 32.1 Å². The molecule has 0 spiro atoms. The van der Waals surface area contributed by atoms with Crippen LogP contribution < -0.4 is 26.6 Å². The van der Waals surface area contributed by atoms with Gasteiger partial charge in [-0.2, -0.15) is 0 Å². The van der Waals surface area contributed by atoms with E-state index < -0.39 is 86.9 Å². The Bertz CT molecular complexity index is 2120. The third kappa shape index (κ3) is 12.9. The molecule has 5 N–H and O–H groups in total. The second kappa shape index (κ2) is 21.1. The first-order valence-electron chi connectivity index (χ1n) is 22.5. The van der Waals surface area contributed by atoms with Gasteiger partial charge in [-0.15, -0.1) is 0 Å². The van der Waals surface area contributed by atoms with Crippen molar-refractivity contribution >= 4 is 51.2 Å². The minimum absolute atomic E-state index is 0.0610. The molecule has 5 atom stereocenters. The number of Topliss-reactive ketones (excluding diaryl/α,β-unsaturated/α-hetero) is 1. The van der Waals surface area contributed by atoms with Crippen molar-refractivity contribution in [1.82, 2.24) is 36.4 Å². The van der Waals surface area contributed by atoms with Crippen molar-refractivity contribution in [2.24, 2.45) is 23.2 Å². The molecule has 17 heteroatoms. The van der Waals surface area contributed by atoms with Gasteiger partial charge in [0.25, 0.3) is 5.91 Å². The van der Waals surface area contributed by atoms with Gasteiger partial charge in [0.05, 0.1) is 28.8 Å². The Morgan fingerprint density at radius 1 is 0.828 bits per heavy atom. The number of sulfone groups is 1. The molecule has 2 aromatic carbocycles. The number of urea groups is 1. The van der Waals surface area contributed by atoms with Crippen molar-refractivity contribution in [3.05, 3.63) is 66.2 Å². The van der Waals surface area contributed by atoms with Gasteiger partial charge in [0.15, 0.2) is 9.84 Å². The largest absolute Gasteiger partial charge is 0.347 e. The van der Waals surface area contributed by atoms with E-state index in [1.54, 1.807) is 83.4 Å². The molecular weight excluding hydrogens is 839 g/mol. The summed E-state index contributed by atoms with van der Waals surface area (Å²) in [4.78, 5) is 99.2. The van der Waals surface area contributed by atoms with Gasteiger partial charge in [-0.05, 0) is 66.5 Å². The predicted octanol–water partition coefficient (Wildman–Crippen LogP) is 3.67. The van der Waals surface area contributed by atoms with E-state index >= 15 is 0 Å². The van der Waals surface area contributed by atoms with E-state index in [9.17, 15) is 42.0 Å². The van der Waals surface area contributed by atoms with Crippen LogP contribution in [0.1, 0.15) is 104 Å². The molecule has 2 saturated carbocycles. The average Bonchev–Trinajstić information content (AvgIpc) is 3.95. The van der Waals surface area contributed by atoms with E-state index in [1.807, 2.05) is 13.8 Å². The van der Waals surface area contributed by atoms with Crippen molar-refractivity contribution in [2.75, 3.05) is 32.9 Å². The topological polar surface area (TPSA) is 220 Å². The molecule has 7 amide bonds. The van der Waals surface area contributed by atoms with Crippen LogP contribution in [0, 0.1) is 23.2 Å². The van der Waals surface area contributed by atoms with Crippen LogP contribution in [-0.4, -0.2) is 116 Å². The van der Waals surface area contributed by atoms with Crippen LogP contribution >= 0.6 is 0 Å². The summed E-state index contributed by atoms with van der Waals surface area (Å²) in [5.74, 6) is -4.79. The molecule has 1 saturated heterocycles. The Hall–Kier alpha value is -5.32. The molecule has 3 fully saturated rings. The van der Waals surface area contributed by atoms with E-state index in [1.165, 1.54) is 21.9 Å². The van der Waals surface area contributed by atoms with Gasteiger partial charge in [-0.25, -0.2) is 13.2 Å². The highest BCUT2D eigenvalue weighted by molar-refractivity contribution is 7.91. The summed E-state index contributed by atoms with van der Waals surface area (Å²) in [7, 11) is -0.663. The highest BCUT2D eigenvalue weighted by Gasteiger charge is 2.49. The van der Waals surface area contributed by atoms with Crippen molar-refractivity contribution in [1.29, 1.82) is 0 Å². The Kier molecular flexibility index (Phi) is 16.4. The summed E-state index contributed by atoms with van der Waals surface area (Å²) in [6.07, 6.45) is 5.54. The molecule has 1 heterocycles. The highest BCUT2D eigenvalue weighted by Crippen LogP contribution is 2.36. The maximum Gasteiger partial charge on any atom is 0.315 e. The van der Waals surface area contributed by atoms with Crippen LogP contribution in [0.2, 0.25) is 0 Å². The third-order valence-corrected chi connectivity index (χ3v) is 14.6. The summed E-state index contributed by atoms with van der Waals surface area (Å²) in [6, 6.07) is 11.6. The number of amides is 7. The summed E-state index contributed by atoms with van der Waals surface area (Å²) < 4.78 is 27.2. The van der Waals surface area contributed by atoms with Crippen LogP contribution in [-0.2, 0) is 38.6 Å². The predicted molar refractivity (Wildman–Crippen MR) is 241 cm³/mol. The number of nitrogens with zero attached hydrogens (tertiary/aromatic N) is 2. The number of likely N-dealkylation sites (N-methyl/N-ethyl adjacent to an activating group) is 1. The first-order chi connectivity index (χ1) is 30.1. The summed E-state index contributed by atoms with van der Waals surface area (Å²) in [5.41, 5.74) is -1.37. The van der Waals surface area contributed by atoms with E-state index in [2.05, 4.69) is 26.6 Å². The Balaban J connectivity index is 1.29. The maximum absolute atomic E-state index is 14.7. The van der Waals surface area contributed by atoms with E-state index in [0.29, 0.717) is 24.8 Å². The fourth-order valence-electron chi connectivity index (χ4n) is 8.91. The molecule has 0 aromatic heterocycles. The molecular formula is C47H67N7O9S. The number of hydrogen-bond acceptors (Lipinski definition) is 9. The average molecular weight is 906 g/mol. The van der Waals surface area contributed by atoms with Gasteiger partial charge in [0.2, 0.25) is 29.4 Å². The van der Waals surface area contributed by atoms with Crippen LogP contribution in [0.4, 0.5) is 4.79 Å². The number of rotatable bonds is 18. The maximum atomic E-state index is 14.7. The van der Waals surface area contributed by atoms with E-state index in [-0.39, 0.29) is 47.3 Å². The first kappa shape index (κ1) is 49.7. The monoisotopic (exact) mass is 905 g/mol. The lowest BCUT2D eigenvalue weighted by Crippen LogP contribution is -2.63. The molecule has 5 rings (SSSR count). The molecule has 2 aliphatic carbocycles. The minimum atomic E-state index is -3.78. The molecule has 350 valence electrons. The molecule has 1 aliphatic heterocycles. The van der Waals surface area contributed by atoms with Crippen molar-refractivity contribution < 1.29 is 42.0 Å². The van der Waals surface area contributed by atoms with Gasteiger partial charge in [0, 0.05) is 20.6 Å². The standard InChI is InChI=1S/C47H67N7O9S/c1-30(2)34-23-26-54(44(60)40(46(3,4)5)51-45(61)52-47(24-15-10-16-25-47)29-64(62,63)33-19-13-9-14-20-33)38(34)41(57)49-35(27-31-21-22-31)39(56)42(58)48-28-36(55)50-37(43(59)53(6)7)32-17-11-8-12-18-32/h8-9,11-14,17-20,30-31,34-35,37-38,40H,10,15-16,21-29H2,1-7H3,(H,48,58)(H,49,57)(H,50,55)(H2,51,52,61)/t34-,35?,37+,38+,40-/m1/s1. The van der Waals surface area contributed by atoms with Crippen LogP contribution in [0.25, 0.3) is 0 Å². The van der Waals surface area contributed by atoms with Crippen LogP contribution in [0.3, 0.4) is 0 Å². The summed E-state index contributed by atoms with van der Waals surface area (Å²) in [5, 5.41) is 13.7. The number of carbonyl (C=O) groups is 7. The van der Waals surface area contributed by atoms with E-state index in [4.69, 9.17) is 0 Å². The lowest BCUT2D eigenvalue weighted by Gasteiger charge is -2.40.